The van der Waals surface area contributed by atoms with E-state index < -0.39 is 0 Å². The second kappa shape index (κ2) is 9.69. The van der Waals surface area contributed by atoms with Crippen molar-refractivity contribution in [3.05, 3.63) is 54.1 Å². The minimum absolute atomic E-state index is 0.155. The number of anilines is 3. The molecule has 0 aliphatic heterocycles. The molecule has 0 radical (unpaired) electrons. The van der Waals surface area contributed by atoms with Crippen LogP contribution in [0, 0.1) is 0 Å². The maximum Gasteiger partial charge on any atom is 0.226 e. The number of hydrogen-bond donors (Lipinski definition) is 2. The monoisotopic (exact) mass is 381 g/mol. The van der Waals surface area contributed by atoms with Gasteiger partial charge in [-0.25, -0.2) is 0 Å². The molecule has 0 aliphatic rings. The van der Waals surface area contributed by atoms with Gasteiger partial charge in [-0.2, -0.15) is 0 Å². The van der Waals surface area contributed by atoms with Crippen molar-refractivity contribution in [3.63, 3.8) is 0 Å². The maximum atomic E-state index is 12.5. The summed E-state index contributed by atoms with van der Waals surface area (Å²) < 4.78 is 0. The fraction of sp³-hybridized carbons (Fsp3) is 0.318. The van der Waals surface area contributed by atoms with Gasteiger partial charge in [0.2, 0.25) is 17.7 Å². The average Bonchev–Trinajstić information content (AvgIpc) is 2.61. The summed E-state index contributed by atoms with van der Waals surface area (Å²) in [5.74, 6) is -0.218. The van der Waals surface area contributed by atoms with Crippen molar-refractivity contribution in [2.24, 2.45) is 0 Å². The Balaban J connectivity index is 2.07. The molecule has 0 aliphatic carbocycles. The van der Waals surface area contributed by atoms with Gasteiger partial charge in [0.25, 0.3) is 0 Å². The molecule has 2 rings (SSSR count). The fourth-order valence-electron chi connectivity index (χ4n) is 2.96. The molecule has 0 fully saturated rings. The lowest BCUT2D eigenvalue weighted by Gasteiger charge is -2.22. The maximum absolute atomic E-state index is 12.5. The molecule has 28 heavy (non-hydrogen) atoms. The van der Waals surface area contributed by atoms with Gasteiger partial charge in [0.1, 0.15) is 0 Å². The molecule has 148 valence electrons. The van der Waals surface area contributed by atoms with E-state index in [-0.39, 0.29) is 30.7 Å². The molecular weight excluding hydrogens is 354 g/mol. The summed E-state index contributed by atoms with van der Waals surface area (Å²) in [5, 5.41) is 5.64. The van der Waals surface area contributed by atoms with Crippen LogP contribution in [0.1, 0.15) is 45.6 Å². The second-order valence-electron chi connectivity index (χ2n) is 6.94. The first-order chi connectivity index (χ1) is 13.3. The van der Waals surface area contributed by atoms with Crippen molar-refractivity contribution < 1.29 is 14.4 Å². The Labute approximate surface area is 165 Å². The van der Waals surface area contributed by atoms with E-state index >= 15 is 0 Å². The van der Waals surface area contributed by atoms with Crippen LogP contribution in [0.25, 0.3) is 0 Å². The standard InChI is InChI=1S/C22H27N3O3/c1-15(2)20-10-5-6-11-21(20)24-22(28)12-13-25(17(4)27)19-9-7-8-18(14-19)23-16(3)26/h5-11,14-15H,12-13H2,1-4H3,(H,23,26)(H,24,28). The lowest BCUT2D eigenvalue weighted by atomic mass is 10.0. The zero-order valence-electron chi connectivity index (χ0n) is 16.8. The van der Waals surface area contributed by atoms with Crippen LogP contribution in [0.3, 0.4) is 0 Å². The molecule has 3 amide bonds. The molecular formula is C22H27N3O3. The highest BCUT2D eigenvalue weighted by molar-refractivity contribution is 5.96. The summed E-state index contributed by atoms with van der Waals surface area (Å²) in [6, 6.07) is 14.7. The van der Waals surface area contributed by atoms with E-state index in [1.165, 1.54) is 18.7 Å². The number of benzene rings is 2. The number of para-hydroxylation sites is 1. The van der Waals surface area contributed by atoms with E-state index in [0.717, 1.165) is 11.3 Å². The van der Waals surface area contributed by atoms with Crippen LogP contribution in [-0.4, -0.2) is 24.3 Å². The van der Waals surface area contributed by atoms with E-state index in [0.29, 0.717) is 17.3 Å². The van der Waals surface area contributed by atoms with Gasteiger partial charge >= 0.3 is 0 Å². The van der Waals surface area contributed by atoms with E-state index in [1.807, 2.05) is 24.3 Å². The SMILES string of the molecule is CC(=O)Nc1cccc(N(CCC(=O)Nc2ccccc2C(C)C)C(C)=O)c1. The first kappa shape index (κ1) is 21.2. The minimum atomic E-state index is -0.185. The highest BCUT2D eigenvalue weighted by Crippen LogP contribution is 2.24. The first-order valence-electron chi connectivity index (χ1n) is 9.32. The molecule has 0 atom stereocenters. The fourth-order valence-corrected chi connectivity index (χ4v) is 2.96. The van der Waals surface area contributed by atoms with Gasteiger partial charge in [0.05, 0.1) is 0 Å². The Morgan fingerprint density at radius 3 is 2.32 bits per heavy atom. The summed E-state index contributed by atoms with van der Waals surface area (Å²) in [5.41, 5.74) is 3.10. The molecule has 0 saturated carbocycles. The van der Waals surface area contributed by atoms with Crippen LogP contribution in [0.15, 0.2) is 48.5 Å². The summed E-state index contributed by atoms with van der Waals surface area (Å²) in [6.07, 6.45) is 0.163. The summed E-state index contributed by atoms with van der Waals surface area (Å²) in [4.78, 5) is 37.3. The van der Waals surface area contributed by atoms with Crippen LogP contribution >= 0.6 is 0 Å². The van der Waals surface area contributed by atoms with Gasteiger partial charge in [-0.3, -0.25) is 14.4 Å². The van der Waals surface area contributed by atoms with Crippen LogP contribution in [0.5, 0.6) is 0 Å². The largest absolute Gasteiger partial charge is 0.326 e. The van der Waals surface area contributed by atoms with Crippen molar-refractivity contribution >= 4 is 34.8 Å². The molecule has 0 unspecified atom stereocenters. The molecule has 2 aromatic carbocycles. The molecule has 2 aromatic rings. The molecule has 2 N–H and O–H groups in total. The van der Waals surface area contributed by atoms with E-state index in [9.17, 15) is 14.4 Å². The lowest BCUT2D eigenvalue weighted by Crippen LogP contribution is -2.32. The smallest absolute Gasteiger partial charge is 0.226 e. The van der Waals surface area contributed by atoms with Gasteiger partial charge in [-0.15, -0.1) is 0 Å². The summed E-state index contributed by atoms with van der Waals surface area (Å²) in [6.45, 7) is 7.27. The molecule has 0 aromatic heterocycles. The van der Waals surface area contributed by atoms with Crippen molar-refractivity contribution in [1.29, 1.82) is 0 Å². The van der Waals surface area contributed by atoms with Gasteiger partial charge in [0, 0.05) is 43.9 Å². The van der Waals surface area contributed by atoms with Crippen LogP contribution in [0.2, 0.25) is 0 Å². The normalized spacial score (nSPS) is 10.5. The number of hydrogen-bond acceptors (Lipinski definition) is 3. The third-order valence-corrected chi connectivity index (χ3v) is 4.28. The van der Waals surface area contributed by atoms with Crippen LogP contribution in [0.4, 0.5) is 17.1 Å². The van der Waals surface area contributed by atoms with E-state index in [2.05, 4.69) is 24.5 Å². The van der Waals surface area contributed by atoms with Gasteiger partial charge in [-0.1, -0.05) is 38.1 Å². The Bertz CT molecular complexity index is 862. The Morgan fingerprint density at radius 2 is 1.68 bits per heavy atom. The third-order valence-electron chi connectivity index (χ3n) is 4.28. The predicted molar refractivity (Wildman–Crippen MR) is 113 cm³/mol. The number of carbonyl (C=O) groups excluding carboxylic acids is 3. The lowest BCUT2D eigenvalue weighted by molar-refractivity contribution is -0.117. The zero-order chi connectivity index (χ0) is 20.7. The van der Waals surface area contributed by atoms with Crippen molar-refractivity contribution in [3.8, 4) is 0 Å². The number of carbonyl (C=O) groups is 3. The van der Waals surface area contributed by atoms with Crippen molar-refractivity contribution in [1.82, 2.24) is 0 Å². The topological polar surface area (TPSA) is 78.5 Å². The highest BCUT2D eigenvalue weighted by atomic mass is 16.2. The average molecular weight is 381 g/mol. The Kier molecular flexibility index (Phi) is 7.32. The zero-order valence-corrected chi connectivity index (χ0v) is 16.8. The number of nitrogens with one attached hydrogen (secondary N) is 2. The first-order valence-corrected chi connectivity index (χ1v) is 9.32. The molecule has 0 spiro atoms. The van der Waals surface area contributed by atoms with E-state index in [1.54, 1.807) is 24.3 Å². The van der Waals surface area contributed by atoms with E-state index in [4.69, 9.17) is 0 Å². The molecule has 6 nitrogen and oxygen atoms in total. The van der Waals surface area contributed by atoms with Crippen LogP contribution in [-0.2, 0) is 14.4 Å². The van der Waals surface area contributed by atoms with Gasteiger partial charge in [0.15, 0.2) is 0 Å². The molecule has 0 bridgehead atoms. The second-order valence-corrected chi connectivity index (χ2v) is 6.94. The minimum Gasteiger partial charge on any atom is -0.326 e. The van der Waals surface area contributed by atoms with Crippen molar-refractivity contribution in [2.75, 3.05) is 22.1 Å². The summed E-state index contributed by atoms with van der Waals surface area (Å²) >= 11 is 0. The quantitative estimate of drug-likeness (QED) is 0.756. The molecule has 0 saturated heterocycles. The molecule has 0 heterocycles. The van der Waals surface area contributed by atoms with Crippen molar-refractivity contribution in [2.45, 2.75) is 40.0 Å². The van der Waals surface area contributed by atoms with Crippen LogP contribution < -0.4 is 15.5 Å². The number of nitrogens with zero attached hydrogens (tertiary/aromatic N) is 1. The highest BCUT2D eigenvalue weighted by Gasteiger charge is 2.15. The van der Waals surface area contributed by atoms with Gasteiger partial charge < -0.3 is 15.5 Å². The Hall–Kier alpha value is -3.15. The number of rotatable bonds is 7. The third kappa shape index (κ3) is 5.94. The molecule has 6 heteroatoms. The summed E-state index contributed by atoms with van der Waals surface area (Å²) in [7, 11) is 0. The predicted octanol–water partition coefficient (Wildman–Crippen LogP) is 4.15. The number of amides is 3. The van der Waals surface area contributed by atoms with Gasteiger partial charge in [-0.05, 0) is 35.7 Å². The Morgan fingerprint density at radius 1 is 0.964 bits per heavy atom.